The highest BCUT2D eigenvalue weighted by Gasteiger charge is 2.32. The number of amides is 1. The summed E-state index contributed by atoms with van der Waals surface area (Å²) in [4.78, 5) is 15.2. The molecule has 3 aromatic rings. The molecule has 1 heterocycles. The van der Waals surface area contributed by atoms with Gasteiger partial charge in [0.1, 0.15) is 23.9 Å². The van der Waals surface area contributed by atoms with Crippen LogP contribution in [-0.4, -0.2) is 45.3 Å². The van der Waals surface area contributed by atoms with Crippen LogP contribution in [0.1, 0.15) is 22.7 Å². The van der Waals surface area contributed by atoms with Crippen molar-refractivity contribution in [2.75, 3.05) is 34.5 Å². The molecule has 0 spiro atoms. The van der Waals surface area contributed by atoms with E-state index in [2.05, 4.69) is 0 Å². The van der Waals surface area contributed by atoms with E-state index in [-0.39, 0.29) is 30.8 Å². The van der Waals surface area contributed by atoms with Crippen LogP contribution in [0, 0.1) is 5.82 Å². The Kier molecular flexibility index (Phi) is 7.21. The van der Waals surface area contributed by atoms with E-state index in [4.69, 9.17) is 18.9 Å². The fourth-order valence-electron chi connectivity index (χ4n) is 4.23. The summed E-state index contributed by atoms with van der Waals surface area (Å²) in [5.74, 6) is 2.30. The van der Waals surface area contributed by atoms with Gasteiger partial charge in [-0.25, -0.2) is 4.39 Å². The van der Waals surface area contributed by atoms with Gasteiger partial charge in [0.2, 0.25) is 5.91 Å². The maximum Gasteiger partial charge on any atom is 0.227 e. The van der Waals surface area contributed by atoms with Crippen LogP contribution < -0.4 is 18.9 Å². The predicted molar refractivity (Wildman–Crippen MR) is 126 cm³/mol. The zero-order chi connectivity index (χ0) is 24.1. The van der Waals surface area contributed by atoms with E-state index < -0.39 is 0 Å². The summed E-state index contributed by atoms with van der Waals surface area (Å²) >= 11 is 0. The van der Waals surface area contributed by atoms with Crippen molar-refractivity contribution in [3.05, 3.63) is 83.2 Å². The number of ether oxygens (including phenoxy) is 4. The second-order valence-electron chi connectivity index (χ2n) is 8.05. The number of rotatable bonds is 8. The normalized spacial score (nSPS) is 14.8. The van der Waals surface area contributed by atoms with Crippen LogP contribution in [0.15, 0.2) is 60.7 Å². The smallest absolute Gasteiger partial charge is 0.227 e. The molecule has 34 heavy (non-hydrogen) atoms. The summed E-state index contributed by atoms with van der Waals surface area (Å²) in [6, 6.07) is 16.9. The fourth-order valence-corrected chi connectivity index (χ4v) is 4.23. The molecule has 0 aliphatic carbocycles. The molecule has 0 saturated carbocycles. The molecule has 1 aliphatic heterocycles. The third-order valence-corrected chi connectivity index (χ3v) is 6.06. The van der Waals surface area contributed by atoms with Crippen molar-refractivity contribution in [3.63, 3.8) is 0 Å². The lowest BCUT2D eigenvalue weighted by Crippen LogP contribution is -2.43. The van der Waals surface area contributed by atoms with E-state index in [1.54, 1.807) is 33.5 Å². The molecule has 1 atom stereocenters. The average molecular weight is 466 g/mol. The lowest BCUT2D eigenvalue weighted by Gasteiger charge is -2.37. The molecule has 0 unspecified atom stereocenters. The molecule has 0 aromatic heterocycles. The number of methoxy groups -OCH3 is 3. The maximum atomic E-state index is 13.3. The number of halogens is 1. The number of fused-ring (bicyclic) bond motifs is 1. The van der Waals surface area contributed by atoms with Gasteiger partial charge >= 0.3 is 0 Å². The van der Waals surface area contributed by atoms with Crippen molar-refractivity contribution >= 4 is 5.91 Å². The third kappa shape index (κ3) is 5.09. The van der Waals surface area contributed by atoms with E-state index in [1.165, 1.54) is 12.1 Å². The number of hydrogen-bond donors (Lipinski definition) is 0. The molecule has 6 nitrogen and oxygen atoms in total. The van der Waals surface area contributed by atoms with Gasteiger partial charge in [0.15, 0.2) is 11.5 Å². The quantitative estimate of drug-likeness (QED) is 0.487. The topological polar surface area (TPSA) is 57.2 Å². The lowest BCUT2D eigenvalue weighted by molar-refractivity contribution is -0.134. The highest BCUT2D eigenvalue weighted by Crippen LogP contribution is 2.38. The van der Waals surface area contributed by atoms with E-state index in [0.29, 0.717) is 30.2 Å². The largest absolute Gasteiger partial charge is 0.497 e. The van der Waals surface area contributed by atoms with Crippen LogP contribution >= 0.6 is 0 Å². The van der Waals surface area contributed by atoms with Gasteiger partial charge in [0.25, 0.3) is 0 Å². The maximum absolute atomic E-state index is 13.3. The first-order chi connectivity index (χ1) is 16.5. The van der Waals surface area contributed by atoms with Gasteiger partial charge in [-0.05, 0) is 71.6 Å². The molecule has 0 radical (unpaired) electrons. The molecule has 0 bridgehead atoms. The van der Waals surface area contributed by atoms with Crippen LogP contribution in [0.2, 0.25) is 0 Å². The minimum absolute atomic E-state index is 0.0460. The summed E-state index contributed by atoms with van der Waals surface area (Å²) in [5.41, 5.74) is 2.82. The molecule has 0 saturated heterocycles. The summed E-state index contributed by atoms with van der Waals surface area (Å²) in [7, 11) is 4.81. The van der Waals surface area contributed by atoms with Crippen LogP contribution in [-0.2, 0) is 17.6 Å². The highest BCUT2D eigenvalue weighted by atomic mass is 19.1. The molecule has 178 valence electrons. The Morgan fingerprint density at radius 1 is 0.912 bits per heavy atom. The second kappa shape index (κ2) is 10.5. The minimum atomic E-state index is -0.324. The Hall–Kier alpha value is -3.74. The zero-order valence-electron chi connectivity index (χ0n) is 19.5. The van der Waals surface area contributed by atoms with E-state index in [0.717, 1.165) is 22.4 Å². The number of carbonyl (C=O) groups excluding carboxylic acids is 1. The predicted octanol–water partition coefficient (Wildman–Crippen LogP) is 4.60. The zero-order valence-corrected chi connectivity index (χ0v) is 19.5. The van der Waals surface area contributed by atoms with Crippen molar-refractivity contribution in [2.45, 2.75) is 18.9 Å². The van der Waals surface area contributed by atoms with Gasteiger partial charge < -0.3 is 23.8 Å². The molecule has 4 rings (SSSR count). The first kappa shape index (κ1) is 23.4. The molecule has 7 heteroatoms. The van der Waals surface area contributed by atoms with Crippen molar-refractivity contribution in [2.24, 2.45) is 0 Å². The first-order valence-electron chi connectivity index (χ1n) is 11.1. The van der Waals surface area contributed by atoms with Crippen LogP contribution in [0.3, 0.4) is 0 Å². The van der Waals surface area contributed by atoms with Gasteiger partial charge in [-0.2, -0.15) is 0 Å². The fraction of sp³-hybridized carbons (Fsp3) is 0.296. The Labute approximate surface area is 198 Å². The number of benzene rings is 3. The second-order valence-corrected chi connectivity index (χ2v) is 8.05. The number of nitrogens with zero attached hydrogens (tertiary/aromatic N) is 1. The van der Waals surface area contributed by atoms with Gasteiger partial charge in [0, 0.05) is 6.54 Å². The molecular weight excluding hydrogens is 437 g/mol. The Bertz CT molecular complexity index is 1130. The van der Waals surface area contributed by atoms with Crippen LogP contribution in [0.4, 0.5) is 4.39 Å². The summed E-state index contributed by atoms with van der Waals surface area (Å²) < 4.78 is 35.6. The average Bonchev–Trinajstić information content (AvgIpc) is 2.87. The summed E-state index contributed by atoms with van der Waals surface area (Å²) in [6.45, 7) is 0.809. The van der Waals surface area contributed by atoms with Gasteiger partial charge in [0.05, 0.1) is 33.8 Å². The molecule has 0 N–H and O–H groups in total. The highest BCUT2D eigenvalue weighted by molar-refractivity contribution is 5.80. The Morgan fingerprint density at radius 3 is 2.21 bits per heavy atom. The monoisotopic (exact) mass is 465 g/mol. The van der Waals surface area contributed by atoms with E-state index >= 15 is 0 Å². The van der Waals surface area contributed by atoms with Gasteiger partial charge in [-0.15, -0.1) is 0 Å². The minimum Gasteiger partial charge on any atom is -0.497 e. The van der Waals surface area contributed by atoms with Crippen molar-refractivity contribution in [3.8, 4) is 23.0 Å². The Morgan fingerprint density at radius 2 is 1.56 bits per heavy atom. The third-order valence-electron chi connectivity index (χ3n) is 6.06. The van der Waals surface area contributed by atoms with Crippen molar-refractivity contribution in [1.82, 2.24) is 4.90 Å². The van der Waals surface area contributed by atoms with Gasteiger partial charge in [-0.3, -0.25) is 4.79 Å². The summed E-state index contributed by atoms with van der Waals surface area (Å²) in [5, 5.41) is 0. The first-order valence-corrected chi connectivity index (χ1v) is 11.1. The molecule has 3 aromatic carbocycles. The SMILES string of the molecule is COc1ccc(OC[C@H]2c3cc(OC)c(OC)cc3CCN2C(=O)Cc2ccc(F)cc2)cc1. The van der Waals surface area contributed by atoms with Crippen molar-refractivity contribution in [1.29, 1.82) is 0 Å². The molecule has 1 amide bonds. The molecular formula is C27H28FNO5. The van der Waals surface area contributed by atoms with E-state index in [1.807, 2.05) is 41.3 Å². The molecule has 1 aliphatic rings. The van der Waals surface area contributed by atoms with Crippen LogP contribution in [0.5, 0.6) is 23.0 Å². The van der Waals surface area contributed by atoms with Crippen LogP contribution in [0.25, 0.3) is 0 Å². The van der Waals surface area contributed by atoms with Crippen molar-refractivity contribution < 1.29 is 28.1 Å². The Balaban J connectivity index is 1.62. The lowest BCUT2D eigenvalue weighted by atomic mass is 9.91. The van der Waals surface area contributed by atoms with E-state index in [9.17, 15) is 9.18 Å². The van der Waals surface area contributed by atoms with Gasteiger partial charge in [-0.1, -0.05) is 12.1 Å². The standard InChI is InChI=1S/C27H28FNO5/c1-31-21-8-10-22(11-9-21)34-17-24-23-16-26(33-3)25(32-2)15-19(23)12-13-29(24)27(30)14-18-4-6-20(28)7-5-18/h4-11,15-16,24H,12-14,17H2,1-3H3/t24-/m0/s1. The summed E-state index contributed by atoms with van der Waals surface area (Å²) in [6.07, 6.45) is 0.867. The number of carbonyl (C=O) groups is 1. The molecule has 0 fully saturated rings. The number of hydrogen-bond acceptors (Lipinski definition) is 5.